The Labute approximate surface area is 273 Å². The minimum Gasteiger partial charge on any atom is -0.507 e. The van der Waals surface area contributed by atoms with E-state index < -0.39 is 28.8 Å². The fraction of sp³-hybridized carbons (Fsp3) is 0.0909. The molecule has 0 aromatic heterocycles. The minimum atomic E-state index is -1.32. The Hall–Kier alpha value is -4.77. The number of aromatic carboxylic acids is 1. The van der Waals surface area contributed by atoms with Crippen LogP contribution in [-0.4, -0.2) is 39.2 Å². The van der Waals surface area contributed by atoms with Crippen LogP contribution < -0.4 is 16.0 Å². The van der Waals surface area contributed by atoms with Gasteiger partial charge in [-0.25, -0.2) is 4.79 Å². The molecule has 4 aromatic rings. The number of carboxylic acids is 1. The van der Waals surface area contributed by atoms with E-state index in [1.165, 1.54) is 36.0 Å². The van der Waals surface area contributed by atoms with E-state index in [2.05, 4.69) is 16.0 Å². The average Bonchev–Trinajstić information content (AvgIpc) is 3.02. The van der Waals surface area contributed by atoms with Gasteiger partial charge in [-0.2, -0.15) is 0 Å². The van der Waals surface area contributed by atoms with E-state index in [1.54, 1.807) is 72.8 Å². The molecule has 230 valence electrons. The SMILES string of the molecule is CCC(Sc1cccc(NC(=O)/C(=C\c2c(Cl)cccc2Cl)NC(=O)c2ccccc2)c1)C(=O)Nc1ccc(O)c(C(=O)O)c1. The van der Waals surface area contributed by atoms with Gasteiger partial charge in [0.25, 0.3) is 11.8 Å². The molecule has 1 atom stereocenters. The number of benzene rings is 4. The Kier molecular flexibility index (Phi) is 11.3. The zero-order chi connectivity index (χ0) is 32.5. The number of phenols is 1. The van der Waals surface area contributed by atoms with Gasteiger partial charge in [0, 0.05) is 37.4 Å². The summed E-state index contributed by atoms with van der Waals surface area (Å²) in [5, 5.41) is 27.1. The van der Waals surface area contributed by atoms with Crippen LogP contribution >= 0.6 is 35.0 Å². The summed E-state index contributed by atoms with van der Waals surface area (Å²) in [5.41, 5.74) is 0.889. The van der Waals surface area contributed by atoms with E-state index >= 15 is 0 Å². The largest absolute Gasteiger partial charge is 0.507 e. The monoisotopic (exact) mass is 663 g/mol. The van der Waals surface area contributed by atoms with Crippen molar-refractivity contribution in [1.29, 1.82) is 0 Å². The van der Waals surface area contributed by atoms with E-state index in [0.29, 0.717) is 28.1 Å². The van der Waals surface area contributed by atoms with Crippen LogP contribution in [0, 0.1) is 0 Å². The first-order valence-electron chi connectivity index (χ1n) is 13.5. The van der Waals surface area contributed by atoms with Crippen LogP contribution in [0.4, 0.5) is 11.4 Å². The van der Waals surface area contributed by atoms with Gasteiger partial charge in [-0.15, -0.1) is 11.8 Å². The summed E-state index contributed by atoms with van der Waals surface area (Å²) >= 11 is 13.9. The van der Waals surface area contributed by atoms with Gasteiger partial charge in [0.15, 0.2) is 0 Å². The summed E-state index contributed by atoms with van der Waals surface area (Å²) in [4.78, 5) is 51.5. The van der Waals surface area contributed by atoms with Gasteiger partial charge in [0.2, 0.25) is 5.91 Å². The smallest absolute Gasteiger partial charge is 0.339 e. The van der Waals surface area contributed by atoms with E-state index in [4.69, 9.17) is 23.2 Å². The molecule has 12 heteroatoms. The summed E-state index contributed by atoms with van der Waals surface area (Å²) in [6.45, 7) is 1.83. The summed E-state index contributed by atoms with van der Waals surface area (Å²) < 4.78 is 0. The molecule has 3 amide bonds. The predicted molar refractivity (Wildman–Crippen MR) is 177 cm³/mol. The van der Waals surface area contributed by atoms with Crippen LogP contribution in [0.25, 0.3) is 6.08 Å². The Morgan fingerprint density at radius 1 is 0.844 bits per heavy atom. The summed E-state index contributed by atoms with van der Waals surface area (Å²) in [5.74, 6) is -3.25. The van der Waals surface area contributed by atoms with Crippen LogP contribution in [0.3, 0.4) is 0 Å². The lowest BCUT2D eigenvalue weighted by atomic mass is 10.1. The molecular weight excluding hydrogens is 637 g/mol. The molecule has 4 rings (SSSR count). The Morgan fingerprint density at radius 3 is 2.18 bits per heavy atom. The van der Waals surface area contributed by atoms with Crippen molar-refractivity contribution in [2.24, 2.45) is 0 Å². The third-order valence-corrected chi connectivity index (χ3v) is 8.36. The molecule has 0 aliphatic carbocycles. The molecule has 0 heterocycles. The molecule has 0 aliphatic heterocycles. The van der Waals surface area contributed by atoms with Gasteiger partial charge in [-0.1, -0.05) is 60.5 Å². The first kappa shape index (κ1) is 33.1. The Morgan fingerprint density at radius 2 is 1.51 bits per heavy atom. The quantitative estimate of drug-likeness (QED) is 0.0642. The molecule has 9 nitrogen and oxygen atoms in total. The first-order chi connectivity index (χ1) is 21.5. The number of hydrogen-bond donors (Lipinski definition) is 5. The number of thioether (sulfide) groups is 1. The number of halogens is 2. The van der Waals surface area contributed by atoms with Crippen molar-refractivity contribution < 1.29 is 29.4 Å². The second kappa shape index (κ2) is 15.3. The number of aromatic hydroxyl groups is 1. The normalized spacial score (nSPS) is 11.8. The van der Waals surface area contributed by atoms with Gasteiger partial charge in [-0.05, 0) is 73.2 Å². The van der Waals surface area contributed by atoms with Gasteiger partial charge in [0.1, 0.15) is 17.0 Å². The highest BCUT2D eigenvalue weighted by Crippen LogP contribution is 2.30. The zero-order valence-corrected chi connectivity index (χ0v) is 26.0. The lowest BCUT2D eigenvalue weighted by molar-refractivity contribution is -0.116. The maximum atomic E-state index is 13.5. The van der Waals surface area contributed by atoms with Gasteiger partial charge in [0.05, 0.1) is 5.25 Å². The molecule has 0 aliphatic rings. The van der Waals surface area contributed by atoms with Crippen LogP contribution in [0.2, 0.25) is 10.0 Å². The van der Waals surface area contributed by atoms with E-state index in [1.807, 2.05) is 6.92 Å². The Balaban J connectivity index is 1.52. The van der Waals surface area contributed by atoms with E-state index in [9.17, 15) is 29.4 Å². The maximum Gasteiger partial charge on any atom is 0.339 e. The van der Waals surface area contributed by atoms with Gasteiger partial charge in [-0.3, -0.25) is 14.4 Å². The van der Waals surface area contributed by atoms with Gasteiger partial charge >= 0.3 is 5.97 Å². The number of anilines is 2. The van der Waals surface area contributed by atoms with E-state index in [-0.39, 0.29) is 32.9 Å². The molecule has 0 radical (unpaired) electrons. The molecule has 5 N–H and O–H groups in total. The van der Waals surface area contributed by atoms with Crippen LogP contribution in [0.5, 0.6) is 5.75 Å². The third kappa shape index (κ3) is 8.89. The van der Waals surface area contributed by atoms with Crippen molar-refractivity contribution in [3.05, 3.63) is 123 Å². The molecule has 45 heavy (non-hydrogen) atoms. The molecule has 1 unspecified atom stereocenters. The number of amides is 3. The molecule has 0 saturated heterocycles. The molecule has 0 bridgehead atoms. The van der Waals surface area contributed by atoms with Crippen molar-refractivity contribution in [3.63, 3.8) is 0 Å². The van der Waals surface area contributed by atoms with Crippen molar-refractivity contribution in [2.75, 3.05) is 10.6 Å². The molecule has 0 saturated carbocycles. The number of carboxylic acid groups (broad SMARTS) is 1. The standard InChI is InChI=1S/C33H27Cl2N3O6S/c1-2-29(32(42)37-21-14-15-28(39)24(17-21)33(43)44)45-22-11-6-10-20(16-22)36-31(41)27(18-23-25(34)12-7-13-26(23)35)38-30(40)19-8-4-3-5-9-19/h3-18,29,39H,2H2,1H3,(H,36,41)(H,37,42)(H,38,40)(H,43,44)/b27-18+. The van der Waals surface area contributed by atoms with Crippen LogP contribution in [0.1, 0.15) is 39.6 Å². The lowest BCUT2D eigenvalue weighted by Gasteiger charge is -2.16. The number of rotatable bonds is 11. The number of hydrogen-bond acceptors (Lipinski definition) is 6. The predicted octanol–water partition coefficient (Wildman–Crippen LogP) is 7.32. The molecule has 0 spiro atoms. The highest BCUT2D eigenvalue weighted by atomic mass is 35.5. The summed E-state index contributed by atoms with van der Waals surface area (Å²) in [6.07, 6.45) is 1.84. The molecule has 0 fully saturated rings. The highest BCUT2D eigenvalue weighted by Gasteiger charge is 2.21. The van der Waals surface area contributed by atoms with Crippen molar-refractivity contribution in [3.8, 4) is 5.75 Å². The topological polar surface area (TPSA) is 145 Å². The maximum absolute atomic E-state index is 13.5. The fourth-order valence-electron chi connectivity index (χ4n) is 4.08. The lowest BCUT2D eigenvalue weighted by Crippen LogP contribution is -2.30. The van der Waals surface area contributed by atoms with Crippen molar-refractivity contribution >= 4 is 76.1 Å². The summed E-state index contributed by atoms with van der Waals surface area (Å²) in [7, 11) is 0. The van der Waals surface area contributed by atoms with Crippen LogP contribution in [-0.2, 0) is 9.59 Å². The first-order valence-corrected chi connectivity index (χ1v) is 15.2. The average molecular weight is 665 g/mol. The van der Waals surface area contributed by atoms with Crippen LogP contribution in [0.15, 0.2) is 102 Å². The second-order valence-electron chi connectivity index (χ2n) is 9.54. The molecule has 4 aromatic carbocycles. The Bertz CT molecular complexity index is 1760. The van der Waals surface area contributed by atoms with E-state index in [0.717, 1.165) is 0 Å². The number of carbonyl (C=O) groups excluding carboxylic acids is 3. The third-order valence-electron chi connectivity index (χ3n) is 6.35. The second-order valence-corrected chi connectivity index (χ2v) is 11.6. The van der Waals surface area contributed by atoms with Crippen molar-refractivity contribution in [2.45, 2.75) is 23.5 Å². The fourth-order valence-corrected chi connectivity index (χ4v) is 5.60. The zero-order valence-electron chi connectivity index (χ0n) is 23.7. The van der Waals surface area contributed by atoms with Crippen molar-refractivity contribution in [1.82, 2.24) is 5.32 Å². The summed E-state index contributed by atoms with van der Waals surface area (Å²) in [6, 6.07) is 23.9. The number of nitrogens with one attached hydrogen (secondary N) is 3. The highest BCUT2D eigenvalue weighted by molar-refractivity contribution is 8.00. The van der Waals surface area contributed by atoms with Gasteiger partial charge < -0.3 is 26.2 Å². The molecular formula is C33H27Cl2N3O6S. The minimum absolute atomic E-state index is 0.0997. The number of carbonyl (C=O) groups is 4.